The minimum absolute atomic E-state index is 0.00261. The molecule has 4 N–H and O–H groups in total. The fraction of sp³-hybridized carbons (Fsp3) is 0.955. The van der Waals surface area contributed by atoms with Crippen LogP contribution >= 0.6 is 0 Å². The summed E-state index contributed by atoms with van der Waals surface area (Å²) < 4.78 is 0. The molecule has 3 fully saturated rings. The minimum atomic E-state index is -1.43. The van der Waals surface area contributed by atoms with Crippen molar-refractivity contribution in [2.45, 2.75) is 97.1 Å². The van der Waals surface area contributed by atoms with Crippen molar-refractivity contribution in [1.29, 1.82) is 0 Å². The van der Waals surface area contributed by atoms with E-state index in [1.165, 1.54) is 0 Å². The summed E-state index contributed by atoms with van der Waals surface area (Å²) in [6.45, 7) is 9.53. The Hall–Kier alpha value is -0.490. The number of aliphatic hydroxyl groups is 4. The van der Waals surface area contributed by atoms with Crippen LogP contribution in [0.2, 0.25) is 0 Å². The molecule has 0 saturated heterocycles. The first kappa shape index (κ1) is 21.2. The molecule has 3 aliphatic rings. The van der Waals surface area contributed by atoms with E-state index in [0.717, 1.165) is 12.8 Å². The molecule has 27 heavy (non-hydrogen) atoms. The molecule has 5 nitrogen and oxygen atoms in total. The molecule has 0 amide bonds. The lowest BCUT2D eigenvalue weighted by Crippen LogP contribution is -2.66. The molecule has 5 heteroatoms. The number of hydrogen-bond donors (Lipinski definition) is 4. The summed E-state index contributed by atoms with van der Waals surface area (Å²) in [5.74, 6) is 0.492. The number of carbonyl (C=O) groups excluding carboxylic acids is 1. The normalized spacial score (nSPS) is 54.4. The highest BCUT2D eigenvalue weighted by Gasteiger charge is 2.65. The van der Waals surface area contributed by atoms with Crippen molar-refractivity contribution < 1.29 is 25.2 Å². The van der Waals surface area contributed by atoms with Crippen LogP contribution in [-0.4, -0.2) is 50.1 Å². The molecule has 0 radical (unpaired) electrons. The maximum Gasteiger partial charge on any atom is 0.133 e. The molecule has 0 aromatic carbocycles. The Kier molecular flexibility index (Phi) is 5.34. The third kappa shape index (κ3) is 2.92. The zero-order valence-corrected chi connectivity index (χ0v) is 17.5. The van der Waals surface area contributed by atoms with E-state index in [2.05, 4.69) is 13.8 Å². The second kappa shape index (κ2) is 6.79. The van der Waals surface area contributed by atoms with Gasteiger partial charge in [0.1, 0.15) is 5.78 Å². The molecule has 10 unspecified atom stereocenters. The Morgan fingerprint density at radius 3 is 2.30 bits per heavy atom. The lowest BCUT2D eigenvalue weighted by atomic mass is 9.46. The highest BCUT2D eigenvalue weighted by molar-refractivity contribution is 5.79. The molecule has 0 heterocycles. The number of carbonyl (C=O) groups is 1. The van der Waals surface area contributed by atoms with Crippen LogP contribution in [0.15, 0.2) is 0 Å². The van der Waals surface area contributed by atoms with Crippen molar-refractivity contribution in [3.8, 4) is 0 Å². The summed E-state index contributed by atoms with van der Waals surface area (Å²) in [6.07, 6.45) is 1.42. The van der Waals surface area contributed by atoms with Crippen LogP contribution in [0.4, 0.5) is 0 Å². The van der Waals surface area contributed by atoms with Crippen molar-refractivity contribution in [2.75, 3.05) is 0 Å². The first-order chi connectivity index (χ1) is 12.4. The molecule has 0 aromatic rings. The van der Waals surface area contributed by atoms with Gasteiger partial charge in [-0.05, 0) is 69.1 Å². The van der Waals surface area contributed by atoms with E-state index in [1.807, 2.05) is 6.92 Å². The summed E-state index contributed by atoms with van der Waals surface area (Å²) in [6, 6.07) is 0. The summed E-state index contributed by atoms with van der Waals surface area (Å²) in [4.78, 5) is 12.2. The number of hydrogen-bond acceptors (Lipinski definition) is 5. The number of aliphatic hydroxyl groups excluding tert-OH is 3. The van der Waals surface area contributed by atoms with Gasteiger partial charge < -0.3 is 20.4 Å². The fourth-order valence-corrected chi connectivity index (χ4v) is 7.75. The van der Waals surface area contributed by atoms with E-state index >= 15 is 0 Å². The molecule has 0 aromatic heterocycles. The third-order valence-electron chi connectivity index (χ3n) is 9.12. The lowest BCUT2D eigenvalue weighted by Gasteiger charge is -2.61. The minimum Gasteiger partial charge on any atom is -0.393 e. The van der Waals surface area contributed by atoms with Crippen LogP contribution in [0.5, 0.6) is 0 Å². The van der Waals surface area contributed by atoms with Gasteiger partial charge >= 0.3 is 0 Å². The average Bonchev–Trinajstić information content (AvgIpc) is 2.88. The van der Waals surface area contributed by atoms with E-state index in [1.54, 1.807) is 13.8 Å². The second-order valence-corrected chi connectivity index (χ2v) is 10.4. The Bertz CT molecular complexity index is 591. The van der Waals surface area contributed by atoms with Crippen LogP contribution in [-0.2, 0) is 4.79 Å². The van der Waals surface area contributed by atoms with Gasteiger partial charge in [-0.1, -0.05) is 20.8 Å². The molecular weight excluding hydrogens is 344 g/mol. The zero-order valence-electron chi connectivity index (χ0n) is 17.5. The summed E-state index contributed by atoms with van der Waals surface area (Å²) >= 11 is 0. The predicted molar refractivity (Wildman–Crippen MR) is 103 cm³/mol. The standard InChI is InChI=1S/C22H38O5/c1-12-16-6-7-17(13(2)23)20(16,4)11-18(26)19(12)21(5)9-8-15(25)10-22(21,27)14(3)24/h12,14-19,24-27H,6-11H2,1-5H3. The Morgan fingerprint density at radius 2 is 1.74 bits per heavy atom. The fourth-order valence-electron chi connectivity index (χ4n) is 7.75. The average molecular weight is 383 g/mol. The van der Waals surface area contributed by atoms with Crippen molar-refractivity contribution in [1.82, 2.24) is 0 Å². The van der Waals surface area contributed by atoms with E-state index in [0.29, 0.717) is 25.2 Å². The monoisotopic (exact) mass is 382 g/mol. The lowest BCUT2D eigenvalue weighted by molar-refractivity contribution is -0.243. The second-order valence-electron chi connectivity index (χ2n) is 10.4. The van der Waals surface area contributed by atoms with Crippen LogP contribution in [0, 0.1) is 34.5 Å². The van der Waals surface area contributed by atoms with Crippen LogP contribution < -0.4 is 0 Å². The van der Waals surface area contributed by atoms with Crippen LogP contribution in [0.1, 0.15) is 73.1 Å². The first-order valence-corrected chi connectivity index (χ1v) is 10.7. The molecule has 10 atom stereocenters. The topological polar surface area (TPSA) is 98.0 Å². The third-order valence-corrected chi connectivity index (χ3v) is 9.12. The van der Waals surface area contributed by atoms with Crippen molar-refractivity contribution in [3.05, 3.63) is 0 Å². The molecule has 0 spiro atoms. The molecule has 0 bridgehead atoms. The zero-order chi connectivity index (χ0) is 20.4. The first-order valence-electron chi connectivity index (χ1n) is 10.7. The SMILES string of the molecule is CC(=O)C1CCC2C(C)C(C3(C)CCC(O)CC3(O)C(C)O)C(O)CC12C. The maximum absolute atomic E-state index is 12.2. The number of ketones is 1. The number of Topliss-reactive ketones (excluding diaryl/α,β-unsaturated/α-hetero) is 1. The van der Waals surface area contributed by atoms with Crippen LogP contribution in [0.3, 0.4) is 0 Å². The Morgan fingerprint density at radius 1 is 1.11 bits per heavy atom. The van der Waals surface area contributed by atoms with Gasteiger partial charge in [-0.25, -0.2) is 0 Å². The van der Waals surface area contributed by atoms with Gasteiger partial charge in [0.2, 0.25) is 0 Å². The van der Waals surface area contributed by atoms with Gasteiger partial charge in [0.15, 0.2) is 0 Å². The smallest absolute Gasteiger partial charge is 0.133 e. The molecule has 3 aliphatic carbocycles. The van der Waals surface area contributed by atoms with Crippen molar-refractivity contribution >= 4 is 5.78 Å². The molecule has 156 valence electrons. The molecular formula is C22H38O5. The Labute approximate surface area is 163 Å². The van der Waals surface area contributed by atoms with Gasteiger partial charge in [-0.2, -0.15) is 0 Å². The quantitative estimate of drug-likeness (QED) is 0.600. The summed E-state index contributed by atoms with van der Waals surface area (Å²) in [5, 5.41) is 43.4. The predicted octanol–water partition coefficient (Wildman–Crippen LogP) is 2.29. The highest BCUT2D eigenvalue weighted by atomic mass is 16.3. The van der Waals surface area contributed by atoms with Crippen LogP contribution in [0.25, 0.3) is 0 Å². The summed E-state index contributed by atoms with van der Waals surface area (Å²) in [7, 11) is 0. The van der Waals surface area contributed by atoms with E-state index in [-0.39, 0.29) is 35.4 Å². The van der Waals surface area contributed by atoms with Gasteiger partial charge in [-0.3, -0.25) is 4.79 Å². The van der Waals surface area contributed by atoms with E-state index < -0.39 is 29.3 Å². The van der Waals surface area contributed by atoms with Gasteiger partial charge in [0, 0.05) is 17.8 Å². The largest absolute Gasteiger partial charge is 0.393 e. The summed E-state index contributed by atoms with van der Waals surface area (Å²) in [5.41, 5.74) is -2.32. The maximum atomic E-state index is 12.2. The van der Waals surface area contributed by atoms with E-state index in [4.69, 9.17) is 0 Å². The molecule has 0 aliphatic heterocycles. The van der Waals surface area contributed by atoms with Gasteiger partial charge in [0.25, 0.3) is 0 Å². The van der Waals surface area contributed by atoms with Crippen molar-refractivity contribution in [2.24, 2.45) is 34.5 Å². The number of rotatable bonds is 3. The van der Waals surface area contributed by atoms with Gasteiger partial charge in [0.05, 0.1) is 23.9 Å². The molecule has 3 saturated carbocycles. The Balaban J connectivity index is 1.99. The van der Waals surface area contributed by atoms with Gasteiger partial charge in [-0.15, -0.1) is 0 Å². The highest BCUT2D eigenvalue weighted by Crippen LogP contribution is 2.64. The number of fused-ring (bicyclic) bond motifs is 1. The molecule has 3 rings (SSSR count). The van der Waals surface area contributed by atoms with E-state index in [9.17, 15) is 25.2 Å². The van der Waals surface area contributed by atoms with Crippen molar-refractivity contribution in [3.63, 3.8) is 0 Å².